The molecule has 0 aliphatic heterocycles. The number of aromatic carboxylic acids is 1. The molecule has 0 spiro atoms. The number of amides is 1. The Morgan fingerprint density at radius 1 is 0.861 bits per heavy atom. The molecule has 4 aromatic rings. The minimum Gasteiger partial charge on any atom is -0.493 e. The molecule has 0 saturated carbocycles. The molecule has 0 radical (unpaired) electrons. The van der Waals surface area contributed by atoms with E-state index in [4.69, 9.17) is 9.47 Å². The molecule has 0 atom stereocenters. The smallest absolute Gasteiger partial charge is 0.335 e. The number of nitrogens with zero attached hydrogens (tertiary/aromatic N) is 2. The van der Waals surface area contributed by atoms with Crippen LogP contribution < -0.4 is 14.4 Å². The molecule has 1 aromatic heterocycles. The van der Waals surface area contributed by atoms with Crippen LogP contribution in [0.4, 0.5) is 11.4 Å². The number of ether oxygens (including phenoxy) is 2. The zero-order valence-electron chi connectivity index (χ0n) is 19.6. The van der Waals surface area contributed by atoms with Crippen molar-refractivity contribution in [3.8, 4) is 11.5 Å². The molecule has 0 fully saturated rings. The molecule has 5 rings (SSSR count). The molecule has 36 heavy (non-hydrogen) atoms. The maximum Gasteiger partial charge on any atom is 0.335 e. The fraction of sp³-hybridized carbons (Fsp3) is 0.138. The molecule has 0 unspecified atom stereocenters. The normalized spacial score (nSPS) is 12.6. The first-order valence-corrected chi connectivity index (χ1v) is 11.5. The highest BCUT2D eigenvalue weighted by Crippen LogP contribution is 2.38. The van der Waals surface area contributed by atoms with E-state index >= 15 is 0 Å². The van der Waals surface area contributed by atoms with Gasteiger partial charge in [0.05, 0.1) is 29.6 Å². The Kier molecular flexibility index (Phi) is 6.36. The zero-order chi connectivity index (χ0) is 25.1. The number of benzene rings is 3. The number of methoxy groups -OCH3 is 1. The van der Waals surface area contributed by atoms with Crippen LogP contribution in [0.25, 0.3) is 0 Å². The fourth-order valence-electron chi connectivity index (χ4n) is 4.46. The Morgan fingerprint density at radius 2 is 1.58 bits per heavy atom. The van der Waals surface area contributed by atoms with Crippen LogP contribution in [-0.2, 0) is 12.8 Å². The number of rotatable bonds is 7. The third kappa shape index (κ3) is 4.63. The van der Waals surface area contributed by atoms with E-state index in [0.29, 0.717) is 28.4 Å². The highest BCUT2D eigenvalue weighted by Gasteiger charge is 2.26. The summed E-state index contributed by atoms with van der Waals surface area (Å²) in [7, 11) is 1.57. The van der Waals surface area contributed by atoms with E-state index in [2.05, 4.69) is 17.1 Å². The summed E-state index contributed by atoms with van der Waals surface area (Å²) in [5, 5.41) is 9.51. The van der Waals surface area contributed by atoms with E-state index in [-0.39, 0.29) is 17.6 Å². The summed E-state index contributed by atoms with van der Waals surface area (Å²) < 4.78 is 11.9. The van der Waals surface area contributed by atoms with Crippen LogP contribution in [0.5, 0.6) is 11.5 Å². The number of carboxylic acid groups (broad SMARTS) is 1. The number of hydrogen-bond donors (Lipinski definition) is 1. The van der Waals surface area contributed by atoms with Gasteiger partial charge >= 0.3 is 5.97 Å². The fourth-order valence-corrected chi connectivity index (χ4v) is 4.46. The van der Waals surface area contributed by atoms with Crippen molar-refractivity contribution >= 4 is 23.3 Å². The van der Waals surface area contributed by atoms with E-state index < -0.39 is 5.97 Å². The van der Waals surface area contributed by atoms with Crippen LogP contribution in [0.15, 0.2) is 91.3 Å². The molecule has 1 aliphatic carbocycles. The van der Waals surface area contributed by atoms with Gasteiger partial charge in [-0.15, -0.1) is 0 Å². The topological polar surface area (TPSA) is 89.0 Å². The monoisotopic (exact) mass is 480 g/mol. The summed E-state index contributed by atoms with van der Waals surface area (Å²) in [4.78, 5) is 30.8. The number of aromatic nitrogens is 1. The van der Waals surface area contributed by atoms with E-state index in [0.717, 1.165) is 12.8 Å². The van der Waals surface area contributed by atoms with Crippen LogP contribution in [0, 0.1) is 0 Å². The zero-order valence-corrected chi connectivity index (χ0v) is 19.6. The summed E-state index contributed by atoms with van der Waals surface area (Å²) in [5.74, 6) is -0.380. The number of carboxylic acids is 1. The van der Waals surface area contributed by atoms with Crippen LogP contribution in [0.2, 0.25) is 0 Å². The van der Waals surface area contributed by atoms with Crippen molar-refractivity contribution in [2.75, 3.05) is 12.0 Å². The quantitative estimate of drug-likeness (QED) is 0.386. The van der Waals surface area contributed by atoms with Crippen molar-refractivity contribution in [1.29, 1.82) is 0 Å². The average Bonchev–Trinajstić information content (AvgIpc) is 3.32. The highest BCUT2D eigenvalue weighted by atomic mass is 16.5. The summed E-state index contributed by atoms with van der Waals surface area (Å²) in [6, 6.07) is 23.1. The van der Waals surface area contributed by atoms with E-state index in [1.807, 2.05) is 12.1 Å². The van der Waals surface area contributed by atoms with Gasteiger partial charge in [0.15, 0.2) is 11.5 Å². The predicted molar refractivity (Wildman–Crippen MR) is 135 cm³/mol. The minimum absolute atomic E-state index is 0.0654. The first-order chi connectivity index (χ1) is 17.5. The molecule has 3 aromatic carbocycles. The lowest BCUT2D eigenvalue weighted by molar-refractivity contribution is 0.0696. The number of carbonyl (C=O) groups excluding carboxylic acids is 1. The molecular weight excluding hydrogens is 456 g/mol. The van der Waals surface area contributed by atoms with Crippen LogP contribution in [-0.4, -0.2) is 35.2 Å². The van der Waals surface area contributed by atoms with Crippen molar-refractivity contribution in [2.24, 2.45) is 0 Å². The number of hydrogen-bond acceptors (Lipinski definition) is 5. The van der Waals surface area contributed by atoms with Gasteiger partial charge in [0.25, 0.3) is 5.91 Å². The molecule has 1 aliphatic rings. The van der Waals surface area contributed by atoms with Gasteiger partial charge in [-0.25, -0.2) is 4.79 Å². The van der Waals surface area contributed by atoms with Crippen molar-refractivity contribution < 1.29 is 24.2 Å². The third-order valence-corrected chi connectivity index (χ3v) is 6.18. The molecule has 0 saturated heterocycles. The Labute approximate surface area is 208 Å². The predicted octanol–water partition coefficient (Wildman–Crippen LogP) is 5.31. The first kappa shape index (κ1) is 23.1. The standard InChI is InChI=1S/C29H24N2O5/c1-35-26-12-11-24(17-27(26)36-25-15-19-6-2-3-7-20(19)16-25)31(28(32)22-9-5-13-30-18-22)23-10-4-8-21(14-23)29(33)34/h2-14,17-18,25H,15-16H2,1H3,(H,33,34). The van der Waals surface area contributed by atoms with Crippen LogP contribution >= 0.6 is 0 Å². The Hall–Kier alpha value is -4.65. The van der Waals surface area contributed by atoms with Gasteiger partial charge in [0, 0.05) is 31.3 Å². The molecule has 1 heterocycles. The van der Waals surface area contributed by atoms with Crippen molar-refractivity contribution in [3.63, 3.8) is 0 Å². The molecule has 180 valence electrons. The van der Waals surface area contributed by atoms with Crippen molar-refractivity contribution in [3.05, 3.63) is 114 Å². The average molecular weight is 481 g/mol. The number of carbonyl (C=O) groups is 2. The Morgan fingerprint density at radius 3 is 2.25 bits per heavy atom. The third-order valence-electron chi connectivity index (χ3n) is 6.18. The molecule has 0 bridgehead atoms. The van der Waals surface area contributed by atoms with E-state index in [9.17, 15) is 14.7 Å². The highest BCUT2D eigenvalue weighted by molar-refractivity contribution is 6.11. The van der Waals surface area contributed by atoms with Gasteiger partial charge in [-0.1, -0.05) is 30.3 Å². The molecule has 1 amide bonds. The number of pyridine rings is 1. The first-order valence-electron chi connectivity index (χ1n) is 11.5. The second-order valence-electron chi connectivity index (χ2n) is 8.49. The lowest BCUT2D eigenvalue weighted by Crippen LogP contribution is -2.26. The van der Waals surface area contributed by atoms with Gasteiger partial charge in [0.2, 0.25) is 0 Å². The maximum atomic E-state index is 13.7. The Balaban J connectivity index is 1.54. The van der Waals surface area contributed by atoms with Crippen molar-refractivity contribution in [2.45, 2.75) is 18.9 Å². The van der Waals surface area contributed by atoms with Gasteiger partial charge in [-0.05, 0) is 53.6 Å². The molecule has 7 heteroatoms. The maximum absolute atomic E-state index is 13.7. The SMILES string of the molecule is COc1ccc(N(C(=O)c2cccnc2)c2cccc(C(=O)O)c2)cc1OC1Cc2ccccc2C1. The molecule has 1 N–H and O–H groups in total. The van der Waals surface area contributed by atoms with Gasteiger partial charge in [-0.2, -0.15) is 0 Å². The van der Waals surface area contributed by atoms with E-state index in [1.54, 1.807) is 55.8 Å². The van der Waals surface area contributed by atoms with Gasteiger partial charge in [-0.3, -0.25) is 14.7 Å². The van der Waals surface area contributed by atoms with Crippen LogP contribution in [0.1, 0.15) is 31.8 Å². The van der Waals surface area contributed by atoms with E-state index in [1.165, 1.54) is 34.4 Å². The summed E-state index contributed by atoms with van der Waals surface area (Å²) in [5.41, 5.74) is 3.88. The van der Waals surface area contributed by atoms with Gasteiger partial charge in [0.1, 0.15) is 6.10 Å². The second-order valence-corrected chi connectivity index (χ2v) is 8.49. The summed E-state index contributed by atoms with van der Waals surface area (Å²) in [6.07, 6.45) is 4.56. The number of anilines is 2. The Bertz CT molecular complexity index is 1400. The number of fused-ring (bicyclic) bond motifs is 1. The van der Waals surface area contributed by atoms with Crippen LogP contribution in [0.3, 0.4) is 0 Å². The lowest BCUT2D eigenvalue weighted by Gasteiger charge is -2.25. The van der Waals surface area contributed by atoms with Gasteiger partial charge < -0.3 is 14.6 Å². The minimum atomic E-state index is -1.08. The second kappa shape index (κ2) is 9.92. The van der Waals surface area contributed by atoms with Crippen molar-refractivity contribution in [1.82, 2.24) is 4.98 Å². The molecule has 7 nitrogen and oxygen atoms in total. The summed E-state index contributed by atoms with van der Waals surface area (Å²) in [6.45, 7) is 0. The molecular formula is C29H24N2O5. The lowest BCUT2D eigenvalue weighted by atomic mass is 10.1. The largest absolute Gasteiger partial charge is 0.493 e. The summed E-state index contributed by atoms with van der Waals surface area (Å²) >= 11 is 0.